The number of furan rings is 1. The van der Waals surface area contributed by atoms with Gasteiger partial charge in [0.2, 0.25) is 5.76 Å². The van der Waals surface area contributed by atoms with Crippen molar-refractivity contribution in [1.29, 1.82) is 0 Å². The average Bonchev–Trinajstić information content (AvgIpc) is 2.84. The molecule has 0 spiro atoms. The van der Waals surface area contributed by atoms with Crippen molar-refractivity contribution in [3.63, 3.8) is 0 Å². The number of carbonyl (C=O) groups is 2. The average molecular weight is 265 g/mol. The third-order valence-corrected chi connectivity index (χ3v) is 4.06. The number of hydrogen-bond donors (Lipinski definition) is 2. The fourth-order valence-corrected chi connectivity index (χ4v) is 2.60. The summed E-state index contributed by atoms with van der Waals surface area (Å²) in [6.45, 7) is 4.33. The van der Waals surface area contributed by atoms with E-state index >= 15 is 0 Å². The molecule has 5 heteroatoms. The number of nitrogens with one attached hydrogen (secondary N) is 1. The third kappa shape index (κ3) is 2.97. The van der Waals surface area contributed by atoms with Gasteiger partial charge in [-0.05, 0) is 30.4 Å². The molecular formula is C14H19NO4. The second-order valence-corrected chi connectivity index (χ2v) is 5.32. The van der Waals surface area contributed by atoms with Crippen LogP contribution in [0, 0.1) is 11.8 Å². The molecule has 1 fully saturated rings. The standard InChI is InChI=1S/C14H19NO4/c1-8-4-3-5-10(9(8)2)15-13(16)11-6-7-12(19-11)14(17)18/h6-10H,3-5H2,1-2H3,(H,15,16)(H,17,18). The molecule has 19 heavy (non-hydrogen) atoms. The molecule has 104 valence electrons. The Bertz CT molecular complexity index is 480. The van der Waals surface area contributed by atoms with Crippen LogP contribution in [0.25, 0.3) is 0 Å². The van der Waals surface area contributed by atoms with Gasteiger partial charge in [-0.1, -0.05) is 26.7 Å². The molecule has 0 saturated heterocycles. The number of hydrogen-bond acceptors (Lipinski definition) is 3. The van der Waals surface area contributed by atoms with Crippen molar-refractivity contribution in [2.45, 2.75) is 39.2 Å². The first-order chi connectivity index (χ1) is 8.99. The first kappa shape index (κ1) is 13.6. The third-order valence-electron chi connectivity index (χ3n) is 4.06. The van der Waals surface area contributed by atoms with Gasteiger partial charge in [0.05, 0.1) is 0 Å². The molecule has 1 aromatic heterocycles. The zero-order valence-corrected chi connectivity index (χ0v) is 11.2. The molecule has 5 nitrogen and oxygen atoms in total. The molecule has 1 heterocycles. The van der Waals surface area contributed by atoms with Crippen molar-refractivity contribution in [2.75, 3.05) is 0 Å². The fraction of sp³-hybridized carbons (Fsp3) is 0.571. The van der Waals surface area contributed by atoms with Gasteiger partial charge in [-0.15, -0.1) is 0 Å². The van der Waals surface area contributed by atoms with Crippen molar-refractivity contribution in [1.82, 2.24) is 5.32 Å². The van der Waals surface area contributed by atoms with E-state index in [2.05, 4.69) is 19.2 Å². The minimum absolute atomic E-state index is 0.0582. The van der Waals surface area contributed by atoms with Crippen LogP contribution >= 0.6 is 0 Å². The van der Waals surface area contributed by atoms with Crippen molar-refractivity contribution in [3.8, 4) is 0 Å². The SMILES string of the molecule is CC1CCCC(NC(=O)c2ccc(C(=O)O)o2)C1C. The van der Waals surface area contributed by atoms with Crippen LogP contribution in [0.4, 0.5) is 0 Å². The van der Waals surface area contributed by atoms with E-state index in [9.17, 15) is 9.59 Å². The maximum atomic E-state index is 12.0. The lowest BCUT2D eigenvalue weighted by molar-refractivity contribution is 0.0658. The zero-order chi connectivity index (χ0) is 14.0. The Morgan fingerprint density at radius 1 is 1.26 bits per heavy atom. The monoisotopic (exact) mass is 265 g/mol. The van der Waals surface area contributed by atoms with Gasteiger partial charge in [-0.3, -0.25) is 4.79 Å². The van der Waals surface area contributed by atoms with Crippen LogP contribution in [0.2, 0.25) is 0 Å². The highest BCUT2D eigenvalue weighted by Crippen LogP contribution is 2.29. The van der Waals surface area contributed by atoms with Crippen molar-refractivity contribution >= 4 is 11.9 Å². The van der Waals surface area contributed by atoms with Crippen LogP contribution in [0.3, 0.4) is 0 Å². The van der Waals surface area contributed by atoms with E-state index in [1.54, 1.807) is 0 Å². The summed E-state index contributed by atoms with van der Waals surface area (Å²) in [5, 5.41) is 11.7. The molecule has 1 aliphatic carbocycles. The summed E-state index contributed by atoms with van der Waals surface area (Å²) < 4.78 is 5.00. The smallest absolute Gasteiger partial charge is 0.371 e. The van der Waals surface area contributed by atoms with Gasteiger partial charge in [0, 0.05) is 6.04 Å². The fourth-order valence-electron chi connectivity index (χ4n) is 2.60. The molecular weight excluding hydrogens is 246 g/mol. The lowest BCUT2D eigenvalue weighted by Crippen LogP contribution is -2.43. The van der Waals surface area contributed by atoms with Gasteiger partial charge < -0.3 is 14.8 Å². The summed E-state index contributed by atoms with van der Waals surface area (Å²) in [4.78, 5) is 22.7. The first-order valence-corrected chi connectivity index (χ1v) is 6.63. The minimum atomic E-state index is -1.17. The molecule has 0 radical (unpaired) electrons. The van der Waals surface area contributed by atoms with E-state index < -0.39 is 5.97 Å². The molecule has 1 aliphatic rings. The highest BCUT2D eigenvalue weighted by molar-refractivity contribution is 5.93. The van der Waals surface area contributed by atoms with Gasteiger partial charge in [0.15, 0.2) is 5.76 Å². The zero-order valence-electron chi connectivity index (χ0n) is 11.2. The van der Waals surface area contributed by atoms with E-state index in [0.29, 0.717) is 11.8 Å². The first-order valence-electron chi connectivity index (χ1n) is 6.63. The second-order valence-electron chi connectivity index (χ2n) is 5.32. The predicted molar refractivity (Wildman–Crippen MR) is 69.1 cm³/mol. The number of carboxylic acid groups (broad SMARTS) is 1. The van der Waals surface area contributed by atoms with Crippen molar-refractivity contribution < 1.29 is 19.1 Å². The Morgan fingerprint density at radius 2 is 1.95 bits per heavy atom. The summed E-state index contributed by atoms with van der Waals surface area (Å²) >= 11 is 0. The lowest BCUT2D eigenvalue weighted by atomic mass is 9.78. The number of carbonyl (C=O) groups excluding carboxylic acids is 1. The van der Waals surface area contributed by atoms with Crippen molar-refractivity contribution in [3.05, 3.63) is 23.7 Å². The molecule has 0 bridgehead atoms. The summed E-state index contributed by atoms with van der Waals surface area (Å²) in [6.07, 6.45) is 3.26. The van der Waals surface area contributed by atoms with Gasteiger partial charge in [-0.2, -0.15) is 0 Å². The number of rotatable bonds is 3. The summed E-state index contributed by atoms with van der Waals surface area (Å²) in [7, 11) is 0. The Labute approximate surface area is 112 Å². The molecule has 1 amide bonds. The van der Waals surface area contributed by atoms with Crippen molar-refractivity contribution in [2.24, 2.45) is 11.8 Å². The quantitative estimate of drug-likeness (QED) is 0.880. The lowest BCUT2D eigenvalue weighted by Gasteiger charge is -2.34. The molecule has 1 aromatic rings. The van der Waals surface area contributed by atoms with Crippen LogP contribution in [0.1, 0.15) is 54.2 Å². The Morgan fingerprint density at radius 3 is 2.58 bits per heavy atom. The maximum Gasteiger partial charge on any atom is 0.371 e. The van der Waals surface area contributed by atoms with Crippen LogP contribution in [0.15, 0.2) is 16.5 Å². The highest BCUT2D eigenvalue weighted by atomic mass is 16.4. The molecule has 3 unspecified atom stereocenters. The maximum absolute atomic E-state index is 12.0. The molecule has 2 rings (SSSR count). The Hall–Kier alpha value is -1.78. The van der Waals surface area contributed by atoms with Gasteiger partial charge >= 0.3 is 5.97 Å². The largest absolute Gasteiger partial charge is 0.475 e. The number of aromatic carboxylic acids is 1. The number of carboxylic acids is 1. The van der Waals surface area contributed by atoms with Gasteiger partial charge in [0.1, 0.15) is 0 Å². The summed E-state index contributed by atoms with van der Waals surface area (Å²) in [6, 6.07) is 2.83. The van der Waals surface area contributed by atoms with E-state index in [-0.39, 0.29) is 23.5 Å². The highest BCUT2D eigenvalue weighted by Gasteiger charge is 2.29. The molecule has 0 aromatic carbocycles. The van der Waals surface area contributed by atoms with Crippen LogP contribution in [0.5, 0.6) is 0 Å². The van der Waals surface area contributed by atoms with E-state index in [1.165, 1.54) is 18.6 Å². The van der Waals surface area contributed by atoms with Gasteiger partial charge in [-0.25, -0.2) is 4.79 Å². The second kappa shape index (κ2) is 5.47. The molecule has 2 N–H and O–H groups in total. The van der Waals surface area contributed by atoms with E-state index in [1.807, 2.05) is 0 Å². The number of amides is 1. The molecule has 1 saturated carbocycles. The Kier molecular flexibility index (Phi) is 3.93. The van der Waals surface area contributed by atoms with E-state index in [4.69, 9.17) is 9.52 Å². The van der Waals surface area contributed by atoms with E-state index in [0.717, 1.165) is 12.8 Å². The summed E-state index contributed by atoms with van der Waals surface area (Å²) in [5.74, 6) is -0.646. The minimum Gasteiger partial charge on any atom is -0.475 e. The van der Waals surface area contributed by atoms with Gasteiger partial charge in [0.25, 0.3) is 5.91 Å². The molecule has 3 atom stereocenters. The van der Waals surface area contributed by atoms with Crippen LogP contribution in [-0.4, -0.2) is 23.0 Å². The summed E-state index contributed by atoms with van der Waals surface area (Å²) in [5.41, 5.74) is 0. The molecule has 0 aliphatic heterocycles. The Balaban J connectivity index is 2.01. The van der Waals surface area contributed by atoms with Crippen LogP contribution in [-0.2, 0) is 0 Å². The normalized spacial score (nSPS) is 26.9. The topological polar surface area (TPSA) is 79.5 Å². The van der Waals surface area contributed by atoms with Crippen LogP contribution < -0.4 is 5.32 Å². The predicted octanol–water partition coefficient (Wildman–Crippen LogP) is 2.53.